The number of hydrogen-bond acceptors (Lipinski definition) is 1. The van der Waals surface area contributed by atoms with Crippen molar-refractivity contribution in [3.05, 3.63) is 0 Å². The van der Waals surface area contributed by atoms with E-state index in [-0.39, 0.29) is 0 Å². The maximum absolute atomic E-state index is 3.54. The molecule has 0 saturated heterocycles. The van der Waals surface area contributed by atoms with Crippen molar-refractivity contribution >= 4 is 0 Å². The molecular weight excluding hydrogens is 194 g/mol. The molecule has 16 heavy (non-hydrogen) atoms. The zero-order chi connectivity index (χ0) is 12.0. The first-order valence-corrected chi connectivity index (χ1v) is 7.34. The highest BCUT2D eigenvalue weighted by atomic mass is 14.8. The number of nitrogens with one attached hydrogen (secondary N) is 1. The molecule has 1 heteroatoms. The zero-order valence-electron chi connectivity index (χ0n) is 11.8. The van der Waals surface area contributed by atoms with Gasteiger partial charge < -0.3 is 5.32 Å². The Morgan fingerprint density at radius 1 is 1.19 bits per heavy atom. The maximum atomic E-state index is 3.54. The molecule has 0 bridgehead atoms. The Morgan fingerprint density at radius 2 is 1.94 bits per heavy atom. The van der Waals surface area contributed by atoms with Crippen molar-refractivity contribution in [1.82, 2.24) is 5.32 Å². The van der Waals surface area contributed by atoms with Gasteiger partial charge in [0.1, 0.15) is 0 Å². The average molecular weight is 225 g/mol. The minimum atomic E-state index is 0.858. The second-order valence-corrected chi connectivity index (χ2v) is 6.18. The Hall–Kier alpha value is -0.0400. The lowest BCUT2D eigenvalue weighted by molar-refractivity contribution is 0.184. The summed E-state index contributed by atoms with van der Waals surface area (Å²) in [7, 11) is 0. The van der Waals surface area contributed by atoms with Crippen molar-refractivity contribution in [3.8, 4) is 0 Å². The van der Waals surface area contributed by atoms with Crippen LogP contribution >= 0.6 is 0 Å². The second-order valence-electron chi connectivity index (χ2n) is 6.18. The van der Waals surface area contributed by atoms with Crippen LogP contribution in [0.5, 0.6) is 0 Å². The van der Waals surface area contributed by atoms with Crippen LogP contribution in [-0.2, 0) is 0 Å². The Labute approximate surface area is 102 Å². The van der Waals surface area contributed by atoms with Crippen molar-refractivity contribution < 1.29 is 0 Å². The molecule has 4 unspecified atom stereocenters. The third-order valence-corrected chi connectivity index (χ3v) is 4.36. The molecule has 1 nitrogen and oxygen atoms in total. The lowest BCUT2D eigenvalue weighted by Crippen LogP contribution is -2.26. The molecule has 0 spiro atoms. The summed E-state index contributed by atoms with van der Waals surface area (Å²) in [6, 6.07) is 0. The summed E-state index contributed by atoms with van der Waals surface area (Å²) in [5.41, 5.74) is 0. The Bertz CT molecular complexity index is 178. The molecule has 1 saturated carbocycles. The molecule has 0 amide bonds. The summed E-state index contributed by atoms with van der Waals surface area (Å²) >= 11 is 0. The molecule has 1 rings (SSSR count). The van der Waals surface area contributed by atoms with E-state index < -0.39 is 0 Å². The van der Waals surface area contributed by atoms with Gasteiger partial charge in [0.15, 0.2) is 0 Å². The van der Waals surface area contributed by atoms with Gasteiger partial charge in [-0.1, -0.05) is 40.5 Å². The molecule has 0 heterocycles. The summed E-state index contributed by atoms with van der Waals surface area (Å²) in [4.78, 5) is 0. The summed E-state index contributed by atoms with van der Waals surface area (Å²) in [5, 5.41) is 3.54. The molecule has 1 aliphatic rings. The van der Waals surface area contributed by atoms with Crippen LogP contribution in [0, 0.1) is 23.7 Å². The fraction of sp³-hybridized carbons (Fsp3) is 1.00. The van der Waals surface area contributed by atoms with E-state index in [9.17, 15) is 0 Å². The predicted molar refractivity (Wildman–Crippen MR) is 72.6 cm³/mol. The Morgan fingerprint density at radius 3 is 2.56 bits per heavy atom. The molecule has 0 aliphatic heterocycles. The highest BCUT2D eigenvalue weighted by Gasteiger charge is 2.25. The third kappa shape index (κ3) is 4.86. The first-order chi connectivity index (χ1) is 7.63. The van der Waals surface area contributed by atoms with Gasteiger partial charge in [-0.25, -0.2) is 0 Å². The van der Waals surface area contributed by atoms with E-state index in [1.807, 2.05) is 0 Å². The van der Waals surface area contributed by atoms with Crippen LogP contribution in [0.15, 0.2) is 0 Å². The topological polar surface area (TPSA) is 12.0 Å². The van der Waals surface area contributed by atoms with Gasteiger partial charge >= 0.3 is 0 Å². The van der Waals surface area contributed by atoms with E-state index in [2.05, 4.69) is 33.0 Å². The Balaban J connectivity index is 2.16. The van der Waals surface area contributed by atoms with Crippen LogP contribution < -0.4 is 5.32 Å². The standard InChI is InChI=1S/C15H31N/c1-5-8-16-11-12(2)9-15-7-6-13(3)14(4)10-15/h12-16H,5-11H2,1-4H3. The molecule has 0 aromatic rings. The van der Waals surface area contributed by atoms with E-state index in [0.29, 0.717) is 0 Å². The first kappa shape index (κ1) is 14.0. The smallest absolute Gasteiger partial charge is 0.00231 e. The summed E-state index contributed by atoms with van der Waals surface area (Å²) in [5.74, 6) is 3.78. The lowest BCUT2D eigenvalue weighted by Gasteiger charge is -2.33. The molecule has 1 fully saturated rings. The van der Waals surface area contributed by atoms with Gasteiger partial charge in [-0.3, -0.25) is 0 Å². The monoisotopic (exact) mass is 225 g/mol. The van der Waals surface area contributed by atoms with E-state index in [1.165, 1.54) is 45.2 Å². The molecule has 1 N–H and O–H groups in total. The quantitative estimate of drug-likeness (QED) is 0.672. The van der Waals surface area contributed by atoms with Crippen LogP contribution in [0.25, 0.3) is 0 Å². The fourth-order valence-corrected chi connectivity index (χ4v) is 3.05. The Kier molecular flexibility index (Phi) is 6.41. The fourth-order valence-electron chi connectivity index (χ4n) is 3.05. The van der Waals surface area contributed by atoms with Gasteiger partial charge in [-0.15, -0.1) is 0 Å². The van der Waals surface area contributed by atoms with Gasteiger partial charge in [0, 0.05) is 0 Å². The van der Waals surface area contributed by atoms with Gasteiger partial charge in [-0.05, 0) is 56.0 Å². The SMILES string of the molecule is CCCNCC(C)CC1CCC(C)C(C)C1. The zero-order valence-corrected chi connectivity index (χ0v) is 11.8. The van der Waals surface area contributed by atoms with Crippen molar-refractivity contribution in [1.29, 1.82) is 0 Å². The van der Waals surface area contributed by atoms with Crippen molar-refractivity contribution in [2.45, 2.75) is 59.8 Å². The minimum absolute atomic E-state index is 0.858. The maximum Gasteiger partial charge on any atom is -0.00231 e. The third-order valence-electron chi connectivity index (χ3n) is 4.36. The average Bonchev–Trinajstić information content (AvgIpc) is 2.24. The lowest BCUT2D eigenvalue weighted by atomic mass is 9.73. The van der Waals surface area contributed by atoms with Crippen LogP contribution in [0.4, 0.5) is 0 Å². The van der Waals surface area contributed by atoms with Crippen LogP contribution in [0.2, 0.25) is 0 Å². The van der Waals surface area contributed by atoms with E-state index in [4.69, 9.17) is 0 Å². The molecule has 0 aromatic carbocycles. The number of hydrogen-bond donors (Lipinski definition) is 1. The van der Waals surface area contributed by atoms with Gasteiger partial charge in [-0.2, -0.15) is 0 Å². The van der Waals surface area contributed by atoms with E-state index in [0.717, 1.165) is 23.7 Å². The molecule has 4 atom stereocenters. The molecule has 0 aromatic heterocycles. The van der Waals surface area contributed by atoms with E-state index >= 15 is 0 Å². The minimum Gasteiger partial charge on any atom is -0.316 e. The second kappa shape index (κ2) is 7.32. The summed E-state index contributed by atoms with van der Waals surface area (Å²) in [6.07, 6.45) is 7.10. The molecular formula is C15H31N. The molecule has 1 aliphatic carbocycles. The summed E-state index contributed by atoms with van der Waals surface area (Å²) < 4.78 is 0. The largest absolute Gasteiger partial charge is 0.316 e. The normalized spacial score (nSPS) is 32.6. The molecule has 96 valence electrons. The number of rotatable bonds is 6. The van der Waals surface area contributed by atoms with Crippen molar-refractivity contribution in [2.24, 2.45) is 23.7 Å². The summed E-state index contributed by atoms with van der Waals surface area (Å²) in [6.45, 7) is 11.9. The van der Waals surface area contributed by atoms with Gasteiger partial charge in [0.2, 0.25) is 0 Å². The van der Waals surface area contributed by atoms with E-state index in [1.54, 1.807) is 0 Å². The van der Waals surface area contributed by atoms with Gasteiger partial charge in [0.05, 0.1) is 0 Å². The van der Waals surface area contributed by atoms with Gasteiger partial charge in [0.25, 0.3) is 0 Å². The molecule has 0 radical (unpaired) electrons. The highest BCUT2D eigenvalue weighted by Crippen LogP contribution is 2.36. The van der Waals surface area contributed by atoms with Crippen molar-refractivity contribution in [2.75, 3.05) is 13.1 Å². The van der Waals surface area contributed by atoms with Crippen LogP contribution in [0.1, 0.15) is 59.8 Å². The van der Waals surface area contributed by atoms with Crippen molar-refractivity contribution in [3.63, 3.8) is 0 Å². The van der Waals surface area contributed by atoms with Crippen LogP contribution in [0.3, 0.4) is 0 Å². The predicted octanol–water partition coefficient (Wildman–Crippen LogP) is 4.08. The highest BCUT2D eigenvalue weighted by molar-refractivity contribution is 4.77. The van der Waals surface area contributed by atoms with Crippen LogP contribution in [-0.4, -0.2) is 13.1 Å². The first-order valence-electron chi connectivity index (χ1n) is 7.34.